The minimum absolute atomic E-state index is 0.132. The molecule has 1 fully saturated rings. The van der Waals surface area contributed by atoms with Gasteiger partial charge in [0, 0.05) is 19.7 Å². The van der Waals surface area contributed by atoms with E-state index >= 15 is 0 Å². The van der Waals surface area contributed by atoms with Crippen molar-refractivity contribution in [1.29, 1.82) is 0 Å². The number of likely N-dealkylation sites (tertiary alicyclic amines) is 1. The van der Waals surface area contributed by atoms with E-state index in [1.807, 2.05) is 0 Å². The Morgan fingerprint density at radius 2 is 2.12 bits per heavy atom. The van der Waals surface area contributed by atoms with Crippen LogP contribution < -0.4 is 15.8 Å². The zero-order chi connectivity index (χ0) is 19.3. The lowest BCUT2D eigenvalue weighted by atomic mass is 10.1. The second-order valence-corrected chi connectivity index (χ2v) is 5.89. The molecule has 26 heavy (non-hydrogen) atoms. The molecule has 0 saturated carbocycles. The van der Waals surface area contributed by atoms with E-state index in [9.17, 15) is 19.7 Å². The predicted octanol–water partition coefficient (Wildman–Crippen LogP) is 1.74. The molecule has 2 rings (SSSR count). The Morgan fingerprint density at radius 1 is 1.38 bits per heavy atom. The first kappa shape index (κ1) is 19.3. The fourth-order valence-corrected chi connectivity index (χ4v) is 3.01. The number of carbonyl (C=O) groups is 2. The number of hydrogen-bond donors (Lipinski definition) is 2. The smallest absolute Gasteiger partial charge is 0.404 e. The molecule has 1 heterocycles. The summed E-state index contributed by atoms with van der Waals surface area (Å²) in [5.74, 6) is -0.196. The van der Waals surface area contributed by atoms with Crippen molar-refractivity contribution in [2.45, 2.75) is 25.4 Å². The Labute approximate surface area is 150 Å². The second kappa shape index (κ2) is 8.37. The van der Waals surface area contributed by atoms with Gasteiger partial charge in [0.25, 0.3) is 11.6 Å². The number of nitrogens with two attached hydrogens (primary N) is 1. The fraction of sp³-hybridized carbons (Fsp3) is 0.500. The van der Waals surface area contributed by atoms with Crippen LogP contribution in [0.25, 0.3) is 0 Å². The molecular weight excluding hydrogens is 344 g/mol. The third-order valence-electron chi connectivity index (χ3n) is 4.19. The lowest BCUT2D eigenvalue weighted by Crippen LogP contribution is -2.38. The summed E-state index contributed by atoms with van der Waals surface area (Å²) in [7, 11) is 2.91. The minimum Gasteiger partial charge on any atom is -0.494 e. The molecular formula is C16H22N4O6. The van der Waals surface area contributed by atoms with E-state index in [0.717, 1.165) is 12.8 Å². The molecule has 10 nitrogen and oxygen atoms in total. The van der Waals surface area contributed by atoms with Crippen molar-refractivity contribution >= 4 is 23.4 Å². The standard InChI is InChI=1S/C16H22N4O6/c1-18-14-12(20(23)24)7-10(8-13(14)25-2)15(21)19-6-4-3-5-11(9-19)26-16(17)22/h7-8,11,18H,3-6,9H2,1-2H3,(H2,17,22). The van der Waals surface area contributed by atoms with Crippen LogP contribution in [0.5, 0.6) is 5.75 Å². The molecule has 1 aromatic carbocycles. The van der Waals surface area contributed by atoms with E-state index in [2.05, 4.69) is 5.32 Å². The number of rotatable bonds is 5. The predicted molar refractivity (Wildman–Crippen MR) is 93.4 cm³/mol. The van der Waals surface area contributed by atoms with Gasteiger partial charge in [-0.15, -0.1) is 0 Å². The molecule has 1 atom stereocenters. The average molecular weight is 366 g/mol. The number of primary amides is 1. The first-order chi connectivity index (χ1) is 12.4. The van der Waals surface area contributed by atoms with Crippen LogP contribution >= 0.6 is 0 Å². The Bertz CT molecular complexity index is 708. The zero-order valence-electron chi connectivity index (χ0n) is 14.7. The largest absolute Gasteiger partial charge is 0.494 e. The highest BCUT2D eigenvalue weighted by atomic mass is 16.6. The van der Waals surface area contributed by atoms with E-state index in [4.69, 9.17) is 15.2 Å². The van der Waals surface area contributed by atoms with Crippen LogP contribution in [-0.4, -0.2) is 55.2 Å². The van der Waals surface area contributed by atoms with Crippen molar-refractivity contribution in [2.24, 2.45) is 5.73 Å². The van der Waals surface area contributed by atoms with Gasteiger partial charge < -0.3 is 25.4 Å². The number of carbonyl (C=O) groups excluding carboxylic acids is 2. The number of nitro benzene ring substituents is 1. The van der Waals surface area contributed by atoms with Gasteiger partial charge in [-0.2, -0.15) is 0 Å². The Hall–Kier alpha value is -3.04. The highest BCUT2D eigenvalue weighted by molar-refractivity contribution is 5.97. The quantitative estimate of drug-likeness (QED) is 0.598. The highest BCUT2D eigenvalue weighted by Gasteiger charge is 2.28. The average Bonchev–Trinajstić information content (AvgIpc) is 2.84. The number of benzene rings is 1. The van der Waals surface area contributed by atoms with Crippen molar-refractivity contribution in [1.82, 2.24) is 4.90 Å². The van der Waals surface area contributed by atoms with Crippen LogP contribution in [0.15, 0.2) is 12.1 Å². The molecule has 1 unspecified atom stereocenters. The maximum absolute atomic E-state index is 12.9. The summed E-state index contributed by atoms with van der Waals surface area (Å²) in [6, 6.07) is 2.67. The number of hydrogen-bond acceptors (Lipinski definition) is 7. The molecule has 1 aliphatic rings. The van der Waals surface area contributed by atoms with Gasteiger partial charge in [-0.25, -0.2) is 4.79 Å². The summed E-state index contributed by atoms with van der Waals surface area (Å²) in [5, 5.41) is 14.1. The van der Waals surface area contributed by atoms with Crippen LogP contribution in [0.4, 0.5) is 16.2 Å². The van der Waals surface area contributed by atoms with E-state index in [1.54, 1.807) is 0 Å². The summed E-state index contributed by atoms with van der Waals surface area (Å²) in [5.41, 5.74) is 5.14. The van der Waals surface area contributed by atoms with Crippen molar-refractivity contribution in [3.05, 3.63) is 27.8 Å². The van der Waals surface area contributed by atoms with Crippen molar-refractivity contribution < 1.29 is 24.0 Å². The van der Waals surface area contributed by atoms with Gasteiger partial charge in [-0.05, 0) is 25.3 Å². The molecule has 0 spiro atoms. The normalized spacial score (nSPS) is 17.2. The monoisotopic (exact) mass is 366 g/mol. The van der Waals surface area contributed by atoms with Gasteiger partial charge in [-0.3, -0.25) is 14.9 Å². The Kier molecular flexibility index (Phi) is 6.21. The lowest BCUT2D eigenvalue weighted by Gasteiger charge is -2.24. The van der Waals surface area contributed by atoms with E-state index in [-0.39, 0.29) is 29.2 Å². The Morgan fingerprint density at radius 3 is 2.69 bits per heavy atom. The third-order valence-corrected chi connectivity index (χ3v) is 4.19. The molecule has 142 valence electrons. The first-order valence-corrected chi connectivity index (χ1v) is 8.17. The van der Waals surface area contributed by atoms with Crippen LogP contribution in [0.1, 0.15) is 29.6 Å². The molecule has 1 saturated heterocycles. The number of ether oxygens (including phenoxy) is 2. The first-order valence-electron chi connectivity index (χ1n) is 8.17. The fourth-order valence-electron chi connectivity index (χ4n) is 3.01. The van der Waals surface area contributed by atoms with Crippen LogP contribution in [0.2, 0.25) is 0 Å². The molecule has 2 amide bonds. The summed E-state index contributed by atoms with van der Waals surface area (Å²) in [6.45, 7) is 0.646. The van der Waals surface area contributed by atoms with Crippen LogP contribution in [0, 0.1) is 10.1 Å². The molecule has 1 aliphatic heterocycles. The van der Waals surface area contributed by atoms with Crippen molar-refractivity contribution in [3.63, 3.8) is 0 Å². The Balaban J connectivity index is 2.34. The minimum atomic E-state index is -0.889. The molecule has 0 bridgehead atoms. The SMILES string of the molecule is CNc1c(OC)cc(C(=O)N2CCCCC(OC(N)=O)C2)cc1[N+](=O)[O-]. The number of nitrogens with one attached hydrogen (secondary N) is 1. The number of nitro groups is 1. The second-order valence-electron chi connectivity index (χ2n) is 5.89. The number of methoxy groups -OCH3 is 1. The van der Waals surface area contributed by atoms with Crippen molar-refractivity contribution in [3.8, 4) is 5.75 Å². The van der Waals surface area contributed by atoms with E-state index in [0.29, 0.717) is 13.0 Å². The molecule has 0 radical (unpaired) electrons. The van der Waals surface area contributed by atoms with E-state index < -0.39 is 23.0 Å². The number of nitrogens with zero attached hydrogens (tertiary/aromatic N) is 2. The van der Waals surface area contributed by atoms with E-state index in [1.165, 1.54) is 31.2 Å². The summed E-state index contributed by atoms with van der Waals surface area (Å²) in [4.78, 5) is 36.2. The van der Waals surface area contributed by atoms with Gasteiger partial charge in [0.15, 0.2) is 5.69 Å². The molecule has 0 aliphatic carbocycles. The highest BCUT2D eigenvalue weighted by Crippen LogP contribution is 2.36. The number of amides is 2. The summed E-state index contributed by atoms with van der Waals surface area (Å²) < 4.78 is 10.2. The molecule has 1 aromatic rings. The zero-order valence-corrected chi connectivity index (χ0v) is 14.7. The van der Waals surface area contributed by atoms with Crippen LogP contribution in [0.3, 0.4) is 0 Å². The maximum Gasteiger partial charge on any atom is 0.404 e. The van der Waals surface area contributed by atoms with Crippen molar-refractivity contribution in [2.75, 3.05) is 32.6 Å². The molecule has 0 aromatic heterocycles. The number of anilines is 1. The third kappa shape index (κ3) is 4.32. The summed E-state index contributed by atoms with van der Waals surface area (Å²) in [6.07, 6.45) is 0.740. The lowest BCUT2D eigenvalue weighted by molar-refractivity contribution is -0.384. The van der Waals surface area contributed by atoms with Gasteiger partial charge in [0.1, 0.15) is 11.9 Å². The maximum atomic E-state index is 12.9. The topological polar surface area (TPSA) is 137 Å². The van der Waals surface area contributed by atoms with Gasteiger partial charge in [0.05, 0.1) is 24.1 Å². The summed E-state index contributed by atoms with van der Waals surface area (Å²) >= 11 is 0. The molecule has 10 heteroatoms. The van der Waals surface area contributed by atoms with Gasteiger partial charge in [-0.1, -0.05) is 0 Å². The van der Waals surface area contributed by atoms with Gasteiger partial charge in [0.2, 0.25) is 0 Å². The molecule has 3 N–H and O–H groups in total. The van der Waals surface area contributed by atoms with Gasteiger partial charge >= 0.3 is 6.09 Å². The van der Waals surface area contributed by atoms with Crippen LogP contribution in [-0.2, 0) is 4.74 Å².